The number of carbonyl (C=O) groups is 2. The fraction of sp³-hybridized carbons (Fsp3) is 0.385. The summed E-state index contributed by atoms with van der Waals surface area (Å²) in [5.74, 6) is 1.13. The average Bonchev–Trinajstić information content (AvgIpc) is 2.76. The Morgan fingerprint density at radius 2 is 1.74 bits per heavy atom. The molecule has 1 fully saturated rings. The van der Waals surface area contributed by atoms with E-state index in [9.17, 15) is 9.59 Å². The number of ether oxygens (including phenoxy) is 2. The van der Waals surface area contributed by atoms with Gasteiger partial charge in [-0.15, -0.1) is 0 Å². The normalized spacial score (nSPS) is 17.8. The molecule has 1 aromatic rings. The number of fused-ring (bicyclic) bond motifs is 1. The summed E-state index contributed by atoms with van der Waals surface area (Å²) in [6.45, 7) is 1.27. The lowest BCUT2D eigenvalue weighted by atomic mass is 10.2. The van der Waals surface area contributed by atoms with E-state index in [0.29, 0.717) is 37.6 Å². The largest absolute Gasteiger partial charge is 0.486 e. The van der Waals surface area contributed by atoms with E-state index in [1.807, 2.05) is 12.1 Å². The molecule has 1 N–H and O–H groups in total. The van der Waals surface area contributed by atoms with Crippen LogP contribution in [0.2, 0.25) is 0 Å². The third-order valence-corrected chi connectivity index (χ3v) is 3.14. The van der Waals surface area contributed by atoms with E-state index in [2.05, 4.69) is 5.32 Å². The fourth-order valence-electron chi connectivity index (χ4n) is 2.12. The van der Waals surface area contributed by atoms with E-state index in [0.717, 1.165) is 5.69 Å². The van der Waals surface area contributed by atoms with Gasteiger partial charge in [-0.25, -0.2) is 0 Å². The molecule has 1 aromatic carbocycles. The van der Waals surface area contributed by atoms with Gasteiger partial charge >= 0.3 is 0 Å². The molecule has 19 heavy (non-hydrogen) atoms. The van der Waals surface area contributed by atoms with Crippen LogP contribution >= 0.6 is 0 Å². The predicted octanol–water partition coefficient (Wildman–Crippen LogP) is 0.976. The highest BCUT2D eigenvalue weighted by Gasteiger charge is 2.28. The Hall–Kier alpha value is -2.24. The second kappa shape index (κ2) is 4.79. The van der Waals surface area contributed by atoms with Crippen molar-refractivity contribution in [3.63, 3.8) is 0 Å². The molecule has 0 aliphatic carbocycles. The van der Waals surface area contributed by atoms with E-state index in [4.69, 9.17) is 9.47 Å². The zero-order valence-electron chi connectivity index (χ0n) is 10.3. The molecule has 2 amide bonds. The molecular formula is C13H14N2O4. The number of amides is 2. The molecule has 0 unspecified atom stereocenters. The van der Waals surface area contributed by atoms with Gasteiger partial charge in [-0.1, -0.05) is 0 Å². The van der Waals surface area contributed by atoms with Gasteiger partial charge in [0.2, 0.25) is 11.8 Å². The smallest absolute Gasteiger partial charge is 0.231 e. The fourth-order valence-corrected chi connectivity index (χ4v) is 2.12. The van der Waals surface area contributed by atoms with Crippen LogP contribution < -0.4 is 14.8 Å². The summed E-state index contributed by atoms with van der Waals surface area (Å²) in [4.78, 5) is 24.2. The minimum atomic E-state index is -0.130. The van der Waals surface area contributed by atoms with Crippen LogP contribution in [-0.4, -0.2) is 36.6 Å². The number of rotatable bonds is 3. The SMILES string of the molecule is O=C1CCC(=O)N1CNc1ccc2c(c1)OCCO2. The van der Waals surface area contributed by atoms with Gasteiger partial charge in [0.05, 0.1) is 6.67 Å². The Morgan fingerprint density at radius 1 is 1.05 bits per heavy atom. The molecule has 100 valence electrons. The Bertz CT molecular complexity index is 513. The Labute approximate surface area is 110 Å². The summed E-state index contributed by atoms with van der Waals surface area (Å²) in [6, 6.07) is 5.45. The van der Waals surface area contributed by atoms with Crippen molar-refractivity contribution in [3.8, 4) is 11.5 Å². The molecule has 0 atom stereocenters. The zero-order valence-corrected chi connectivity index (χ0v) is 10.3. The van der Waals surface area contributed by atoms with Gasteiger partial charge in [-0.2, -0.15) is 0 Å². The van der Waals surface area contributed by atoms with Gasteiger partial charge in [0.25, 0.3) is 0 Å². The molecule has 1 saturated heterocycles. The first-order chi connectivity index (χ1) is 9.24. The van der Waals surface area contributed by atoms with Crippen LogP contribution in [0.25, 0.3) is 0 Å². The van der Waals surface area contributed by atoms with Gasteiger partial charge in [-0.05, 0) is 12.1 Å². The maximum atomic E-state index is 11.5. The summed E-state index contributed by atoms with van der Waals surface area (Å²) in [5.41, 5.74) is 0.789. The maximum Gasteiger partial charge on any atom is 0.231 e. The Balaban J connectivity index is 1.67. The maximum absolute atomic E-state index is 11.5. The standard InChI is InChI=1S/C13H14N2O4/c16-12-3-4-13(17)15(12)8-14-9-1-2-10-11(7-9)19-6-5-18-10/h1-2,7,14H,3-6,8H2. The molecule has 0 spiro atoms. The number of imide groups is 1. The number of benzene rings is 1. The second-order valence-corrected chi connectivity index (χ2v) is 4.41. The van der Waals surface area contributed by atoms with Crippen molar-refractivity contribution in [2.75, 3.05) is 25.2 Å². The third kappa shape index (κ3) is 2.33. The number of hydrogen-bond donors (Lipinski definition) is 1. The van der Waals surface area contributed by atoms with Crippen molar-refractivity contribution < 1.29 is 19.1 Å². The zero-order chi connectivity index (χ0) is 13.2. The van der Waals surface area contributed by atoms with Crippen molar-refractivity contribution in [2.24, 2.45) is 0 Å². The highest BCUT2D eigenvalue weighted by Crippen LogP contribution is 2.32. The summed E-state index contributed by atoms with van der Waals surface area (Å²) in [6.07, 6.45) is 0.614. The topological polar surface area (TPSA) is 67.9 Å². The highest BCUT2D eigenvalue weighted by atomic mass is 16.6. The van der Waals surface area contributed by atoms with Gasteiger partial charge in [0, 0.05) is 24.6 Å². The van der Waals surface area contributed by atoms with E-state index in [1.165, 1.54) is 4.90 Å². The summed E-state index contributed by atoms with van der Waals surface area (Å²) in [5, 5.41) is 3.05. The quantitative estimate of drug-likeness (QED) is 0.822. The lowest BCUT2D eigenvalue weighted by molar-refractivity contribution is -0.137. The first kappa shape index (κ1) is 11.8. The molecular weight excluding hydrogens is 248 g/mol. The molecule has 0 bridgehead atoms. The number of carbonyl (C=O) groups excluding carboxylic acids is 2. The van der Waals surface area contributed by atoms with E-state index in [-0.39, 0.29) is 18.5 Å². The summed E-state index contributed by atoms with van der Waals surface area (Å²) in [7, 11) is 0. The van der Waals surface area contributed by atoms with E-state index >= 15 is 0 Å². The lowest BCUT2D eigenvalue weighted by Crippen LogP contribution is -2.33. The molecule has 0 saturated carbocycles. The monoisotopic (exact) mass is 262 g/mol. The lowest BCUT2D eigenvalue weighted by Gasteiger charge is -2.20. The van der Waals surface area contributed by atoms with Crippen LogP contribution in [-0.2, 0) is 9.59 Å². The predicted molar refractivity (Wildman–Crippen MR) is 67.0 cm³/mol. The summed E-state index contributed by atoms with van der Waals surface area (Å²) < 4.78 is 10.9. The Kier molecular flexibility index (Phi) is 2.98. The molecule has 2 heterocycles. The number of anilines is 1. The number of nitrogens with one attached hydrogen (secondary N) is 1. The van der Waals surface area contributed by atoms with Crippen LogP contribution in [0.5, 0.6) is 11.5 Å². The minimum Gasteiger partial charge on any atom is -0.486 e. The van der Waals surface area contributed by atoms with Gasteiger partial charge in [0.1, 0.15) is 13.2 Å². The average molecular weight is 262 g/mol. The van der Waals surface area contributed by atoms with Gasteiger partial charge in [0.15, 0.2) is 11.5 Å². The third-order valence-electron chi connectivity index (χ3n) is 3.14. The number of nitrogens with zero attached hydrogens (tertiary/aromatic N) is 1. The Morgan fingerprint density at radius 3 is 2.47 bits per heavy atom. The number of likely N-dealkylation sites (tertiary alicyclic amines) is 1. The molecule has 3 rings (SSSR count). The van der Waals surface area contributed by atoms with Gasteiger partial charge < -0.3 is 14.8 Å². The molecule has 6 heteroatoms. The second-order valence-electron chi connectivity index (χ2n) is 4.41. The van der Waals surface area contributed by atoms with Crippen LogP contribution in [0.3, 0.4) is 0 Å². The first-order valence-corrected chi connectivity index (χ1v) is 6.21. The molecule has 6 nitrogen and oxygen atoms in total. The van der Waals surface area contributed by atoms with Crippen molar-refractivity contribution in [1.82, 2.24) is 4.90 Å². The van der Waals surface area contributed by atoms with E-state index in [1.54, 1.807) is 6.07 Å². The van der Waals surface area contributed by atoms with Crippen molar-refractivity contribution in [2.45, 2.75) is 12.8 Å². The van der Waals surface area contributed by atoms with E-state index < -0.39 is 0 Å². The van der Waals surface area contributed by atoms with Gasteiger partial charge in [-0.3, -0.25) is 14.5 Å². The summed E-state index contributed by atoms with van der Waals surface area (Å²) >= 11 is 0. The van der Waals surface area contributed by atoms with Crippen molar-refractivity contribution in [1.29, 1.82) is 0 Å². The van der Waals surface area contributed by atoms with Crippen LogP contribution in [0.15, 0.2) is 18.2 Å². The van der Waals surface area contributed by atoms with Crippen molar-refractivity contribution in [3.05, 3.63) is 18.2 Å². The molecule has 2 aliphatic rings. The van der Waals surface area contributed by atoms with Crippen LogP contribution in [0.4, 0.5) is 5.69 Å². The number of hydrogen-bond acceptors (Lipinski definition) is 5. The van der Waals surface area contributed by atoms with Crippen LogP contribution in [0, 0.1) is 0 Å². The van der Waals surface area contributed by atoms with Crippen LogP contribution in [0.1, 0.15) is 12.8 Å². The van der Waals surface area contributed by atoms with Crippen molar-refractivity contribution >= 4 is 17.5 Å². The first-order valence-electron chi connectivity index (χ1n) is 6.21. The highest BCUT2D eigenvalue weighted by molar-refractivity contribution is 6.02. The molecule has 2 aliphatic heterocycles. The minimum absolute atomic E-state index is 0.130. The molecule has 0 aromatic heterocycles. The molecule has 0 radical (unpaired) electrons.